The van der Waals surface area contributed by atoms with Gasteiger partial charge in [-0.2, -0.15) is 0 Å². The van der Waals surface area contributed by atoms with Gasteiger partial charge in [0.25, 0.3) is 0 Å². The average molecular weight is 459 g/mol. The van der Waals surface area contributed by atoms with Crippen LogP contribution in [0.1, 0.15) is 5.56 Å². The zero-order valence-corrected chi connectivity index (χ0v) is 18.8. The van der Waals surface area contributed by atoms with Crippen molar-refractivity contribution in [2.24, 2.45) is 0 Å². The smallest absolute Gasteiger partial charge is 0.234 e. The zero-order valence-electron chi connectivity index (χ0n) is 18.0. The molecule has 1 aromatic heterocycles. The zero-order chi connectivity index (χ0) is 22.6. The average Bonchev–Trinajstić information content (AvgIpc) is 3.28. The number of carbonyl (C=O) groups excluding carboxylic acids is 1. The number of aromatic nitrogens is 3. The minimum absolute atomic E-state index is 0.142. The Balaban J connectivity index is 1.35. The molecule has 0 spiro atoms. The minimum atomic E-state index is -0.142. The van der Waals surface area contributed by atoms with Gasteiger partial charge in [-0.25, -0.2) is 0 Å². The van der Waals surface area contributed by atoms with E-state index in [9.17, 15) is 4.79 Å². The molecule has 1 N–H and O–H groups in total. The molecule has 0 fully saturated rings. The Kier molecular flexibility index (Phi) is 5.99. The molecule has 0 saturated heterocycles. The van der Waals surface area contributed by atoms with Crippen molar-refractivity contribution >= 4 is 23.4 Å². The number of anilines is 1. The van der Waals surface area contributed by atoms with Gasteiger partial charge in [0.1, 0.15) is 13.2 Å². The summed E-state index contributed by atoms with van der Waals surface area (Å²) in [5.74, 6) is 2.10. The summed E-state index contributed by atoms with van der Waals surface area (Å²) in [4.78, 5) is 12.7. The second-order valence-corrected chi connectivity index (χ2v) is 8.48. The molecule has 1 amide bonds. The Hall–Kier alpha value is -3.78. The standard InChI is InChI=1S/C25H22N4O3S/c1-17-7-10-20(11-8-17)29-24(18-5-3-2-4-6-18)27-28-25(29)33-16-23(30)26-19-9-12-21-22(15-19)32-14-13-31-21/h2-12,15H,13-14,16H2,1H3,(H,26,30). The van der Waals surface area contributed by atoms with Crippen molar-refractivity contribution < 1.29 is 14.3 Å². The first-order valence-electron chi connectivity index (χ1n) is 10.6. The number of hydrogen-bond donors (Lipinski definition) is 1. The van der Waals surface area contributed by atoms with Crippen molar-refractivity contribution in [3.63, 3.8) is 0 Å². The highest BCUT2D eigenvalue weighted by molar-refractivity contribution is 7.99. The number of nitrogens with one attached hydrogen (secondary N) is 1. The van der Waals surface area contributed by atoms with Crippen molar-refractivity contribution in [3.05, 3.63) is 78.4 Å². The fraction of sp³-hybridized carbons (Fsp3) is 0.160. The summed E-state index contributed by atoms with van der Waals surface area (Å²) in [6, 6.07) is 23.4. The van der Waals surface area contributed by atoms with Gasteiger partial charge in [0.05, 0.1) is 5.75 Å². The molecule has 4 aromatic rings. The lowest BCUT2D eigenvalue weighted by Crippen LogP contribution is -2.17. The molecule has 7 nitrogen and oxygen atoms in total. The van der Waals surface area contributed by atoms with E-state index in [-0.39, 0.29) is 11.7 Å². The third-order valence-electron chi connectivity index (χ3n) is 5.12. The molecule has 0 saturated carbocycles. The molecule has 1 aliphatic rings. The summed E-state index contributed by atoms with van der Waals surface area (Å²) >= 11 is 1.34. The molecule has 0 bridgehead atoms. The number of carbonyl (C=O) groups is 1. The van der Waals surface area contributed by atoms with E-state index in [0.29, 0.717) is 35.6 Å². The van der Waals surface area contributed by atoms with E-state index in [0.717, 1.165) is 17.1 Å². The third-order valence-corrected chi connectivity index (χ3v) is 6.04. The van der Waals surface area contributed by atoms with Gasteiger partial charge in [0.15, 0.2) is 22.5 Å². The topological polar surface area (TPSA) is 78.3 Å². The van der Waals surface area contributed by atoms with E-state index in [1.54, 1.807) is 18.2 Å². The lowest BCUT2D eigenvalue weighted by Gasteiger charge is -2.19. The number of nitrogens with zero attached hydrogens (tertiary/aromatic N) is 3. The summed E-state index contributed by atoms with van der Waals surface area (Å²) in [6.45, 7) is 3.08. The third kappa shape index (κ3) is 4.70. The van der Waals surface area contributed by atoms with Gasteiger partial charge in [-0.1, -0.05) is 59.8 Å². The lowest BCUT2D eigenvalue weighted by molar-refractivity contribution is -0.113. The predicted octanol–water partition coefficient (Wildman–Crippen LogP) is 4.74. The van der Waals surface area contributed by atoms with Gasteiger partial charge in [-0.3, -0.25) is 9.36 Å². The number of benzene rings is 3. The van der Waals surface area contributed by atoms with Crippen LogP contribution in [0.15, 0.2) is 78.0 Å². The molecular formula is C25H22N4O3S. The van der Waals surface area contributed by atoms with Crippen LogP contribution >= 0.6 is 11.8 Å². The number of rotatable bonds is 6. The Labute approximate surface area is 195 Å². The molecule has 8 heteroatoms. The molecule has 33 heavy (non-hydrogen) atoms. The number of thioether (sulfide) groups is 1. The highest BCUT2D eigenvalue weighted by Gasteiger charge is 2.18. The first kappa shape index (κ1) is 21.1. The van der Waals surface area contributed by atoms with E-state index in [1.165, 1.54) is 17.3 Å². The Morgan fingerprint density at radius 2 is 1.73 bits per heavy atom. The van der Waals surface area contributed by atoms with Gasteiger partial charge in [0.2, 0.25) is 5.91 Å². The largest absolute Gasteiger partial charge is 0.486 e. The Morgan fingerprint density at radius 1 is 0.970 bits per heavy atom. The van der Waals surface area contributed by atoms with Gasteiger partial charge in [-0.15, -0.1) is 10.2 Å². The van der Waals surface area contributed by atoms with Crippen molar-refractivity contribution in [1.82, 2.24) is 14.8 Å². The van der Waals surface area contributed by atoms with E-state index >= 15 is 0 Å². The number of ether oxygens (including phenoxy) is 2. The molecule has 0 aliphatic carbocycles. The summed E-state index contributed by atoms with van der Waals surface area (Å²) in [6.07, 6.45) is 0. The first-order chi connectivity index (χ1) is 16.2. The van der Waals surface area contributed by atoms with E-state index in [1.807, 2.05) is 66.1 Å². The number of aryl methyl sites for hydroxylation is 1. The molecule has 0 unspecified atom stereocenters. The van der Waals surface area contributed by atoms with Gasteiger partial charge in [-0.05, 0) is 31.2 Å². The Morgan fingerprint density at radius 3 is 2.52 bits per heavy atom. The van der Waals surface area contributed by atoms with Crippen molar-refractivity contribution in [1.29, 1.82) is 0 Å². The quantitative estimate of drug-likeness (QED) is 0.421. The summed E-state index contributed by atoms with van der Waals surface area (Å²) < 4.78 is 13.1. The van der Waals surface area contributed by atoms with E-state index in [4.69, 9.17) is 9.47 Å². The van der Waals surface area contributed by atoms with Crippen LogP contribution in [0.2, 0.25) is 0 Å². The molecule has 2 heterocycles. The summed E-state index contributed by atoms with van der Waals surface area (Å²) in [5, 5.41) is 12.4. The number of fused-ring (bicyclic) bond motifs is 1. The highest BCUT2D eigenvalue weighted by atomic mass is 32.2. The van der Waals surface area contributed by atoms with Crippen molar-refractivity contribution in [3.8, 4) is 28.6 Å². The normalized spacial score (nSPS) is 12.4. The van der Waals surface area contributed by atoms with Crippen LogP contribution in [0.5, 0.6) is 11.5 Å². The monoisotopic (exact) mass is 458 g/mol. The lowest BCUT2D eigenvalue weighted by atomic mass is 10.2. The first-order valence-corrected chi connectivity index (χ1v) is 11.6. The van der Waals surface area contributed by atoms with Crippen LogP contribution < -0.4 is 14.8 Å². The molecule has 1 aliphatic heterocycles. The second kappa shape index (κ2) is 9.38. The Bertz CT molecular complexity index is 1270. The molecule has 5 rings (SSSR count). The van der Waals surface area contributed by atoms with Crippen LogP contribution in [-0.2, 0) is 4.79 Å². The van der Waals surface area contributed by atoms with Gasteiger partial charge >= 0.3 is 0 Å². The van der Waals surface area contributed by atoms with Gasteiger partial charge < -0.3 is 14.8 Å². The molecule has 0 atom stereocenters. The van der Waals surface area contributed by atoms with Gasteiger partial charge in [0, 0.05) is 23.0 Å². The fourth-order valence-electron chi connectivity index (χ4n) is 3.51. The molecular weight excluding hydrogens is 436 g/mol. The summed E-state index contributed by atoms with van der Waals surface area (Å²) in [5.41, 5.74) is 3.73. The maximum atomic E-state index is 12.7. The number of amides is 1. The van der Waals surface area contributed by atoms with Crippen LogP contribution in [0.3, 0.4) is 0 Å². The maximum Gasteiger partial charge on any atom is 0.234 e. The number of hydrogen-bond acceptors (Lipinski definition) is 6. The molecule has 166 valence electrons. The molecule has 0 radical (unpaired) electrons. The molecule has 3 aromatic carbocycles. The SMILES string of the molecule is Cc1ccc(-n2c(SCC(=O)Nc3ccc4c(c3)OCCO4)nnc2-c2ccccc2)cc1. The minimum Gasteiger partial charge on any atom is -0.486 e. The van der Waals surface area contributed by atoms with Crippen molar-refractivity contribution in [2.75, 3.05) is 24.3 Å². The van der Waals surface area contributed by atoms with Crippen LogP contribution in [0.25, 0.3) is 17.1 Å². The highest BCUT2D eigenvalue weighted by Crippen LogP contribution is 2.33. The second-order valence-electron chi connectivity index (χ2n) is 7.54. The fourth-order valence-corrected chi connectivity index (χ4v) is 4.26. The van der Waals surface area contributed by atoms with Crippen LogP contribution in [0.4, 0.5) is 5.69 Å². The van der Waals surface area contributed by atoms with Crippen molar-refractivity contribution in [2.45, 2.75) is 12.1 Å². The van der Waals surface area contributed by atoms with E-state index in [2.05, 4.69) is 15.5 Å². The maximum absolute atomic E-state index is 12.7. The predicted molar refractivity (Wildman–Crippen MR) is 128 cm³/mol. The van der Waals surface area contributed by atoms with Crippen LogP contribution in [-0.4, -0.2) is 39.6 Å². The summed E-state index contributed by atoms with van der Waals surface area (Å²) in [7, 11) is 0. The van der Waals surface area contributed by atoms with Crippen LogP contribution in [0, 0.1) is 6.92 Å². The van der Waals surface area contributed by atoms with E-state index < -0.39 is 0 Å².